The standard InChI is InChI=1S/C17H20O7S/c1-10(18)22-14-9-21-17(25-13-7-5-4-6-8-13)16(24-12(3)20)15(14)23-11(2)19/h4-8,14-17H,9H2,1-3H3/t14-,15-,16+,17+/m1/s1. The van der Waals surface area contributed by atoms with Gasteiger partial charge in [-0.15, -0.1) is 0 Å². The number of carbonyl (C=O) groups excluding carboxylic acids is 3. The third kappa shape index (κ3) is 5.75. The van der Waals surface area contributed by atoms with E-state index in [1.165, 1.54) is 32.5 Å². The fraction of sp³-hybridized carbons (Fsp3) is 0.471. The quantitative estimate of drug-likeness (QED) is 0.575. The highest BCUT2D eigenvalue weighted by molar-refractivity contribution is 7.99. The molecule has 1 fully saturated rings. The molecule has 0 aromatic heterocycles. The number of thioether (sulfide) groups is 1. The summed E-state index contributed by atoms with van der Waals surface area (Å²) in [4.78, 5) is 35.2. The van der Waals surface area contributed by atoms with Crippen LogP contribution < -0.4 is 0 Å². The number of esters is 3. The molecular weight excluding hydrogens is 348 g/mol. The van der Waals surface area contributed by atoms with Crippen LogP contribution in [0.15, 0.2) is 35.2 Å². The van der Waals surface area contributed by atoms with Gasteiger partial charge in [-0.25, -0.2) is 0 Å². The Bertz CT molecular complexity index is 619. The molecule has 0 N–H and O–H groups in total. The predicted molar refractivity (Wildman–Crippen MR) is 88.7 cm³/mol. The van der Waals surface area contributed by atoms with E-state index in [0.717, 1.165) is 4.90 Å². The van der Waals surface area contributed by atoms with Crippen molar-refractivity contribution in [3.05, 3.63) is 30.3 Å². The first-order valence-corrected chi connectivity index (χ1v) is 8.59. The van der Waals surface area contributed by atoms with E-state index in [1.54, 1.807) is 0 Å². The average Bonchev–Trinajstić information content (AvgIpc) is 2.52. The van der Waals surface area contributed by atoms with Gasteiger partial charge in [0.25, 0.3) is 0 Å². The molecule has 1 aromatic rings. The van der Waals surface area contributed by atoms with E-state index in [1.807, 2.05) is 30.3 Å². The third-order valence-corrected chi connectivity index (χ3v) is 4.48. The lowest BCUT2D eigenvalue weighted by molar-refractivity contribution is -0.213. The molecule has 0 unspecified atom stereocenters. The van der Waals surface area contributed by atoms with E-state index in [0.29, 0.717) is 0 Å². The number of hydrogen-bond acceptors (Lipinski definition) is 8. The van der Waals surface area contributed by atoms with Crippen LogP contribution >= 0.6 is 11.8 Å². The minimum atomic E-state index is -0.944. The van der Waals surface area contributed by atoms with Crippen LogP contribution in [-0.4, -0.2) is 48.3 Å². The molecule has 1 aliphatic heterocycles. The van der Waals surface area contributed by atoms with Crippen LogP contribution in [0.4, 0.5) is 0 Å². The zero-order valence-electron chi connectivity index (χ0n) is 14.2. The fourth-order valence-electron chi connectivity index (χ4n) is 2.44. The maximum absolute atomic E-state index is 11.5. The minimum absolute atomic E-state index is 0.0276. The minimum Gasteiger partial charge on any atom is -0.456 e. The summed E-state index contributed by atoms with van der Waals surface area (Å²) in [6.45, 7) is 3.77. The molecule has 25 heavy (non-hydrogen) atoms. The molecule has 0 aliphatic carbocycles. The van der Waals surface area contributed by atoms with Crippen LogP contribution in [0, 0.1) is 0 Å². The maximum Gasteiger partial charge on any atom is 0.303 e. The van der Waals surface area contributed by atoms with E-state index >= 15 is 0 Å². The molecule has 0 radical (unpaired) electrons. The molecule has 0 saturated carbocycles. The molecule has 1 aliphatic rings. The Balaban J connectivity index is 2.25. The smallest absolute Gasteiger partial charge is 0.303 e. The van der Waals surface area contributed by atoms with Gasteiger partial charge in [0.15, 0.2) is 18.3 Å². The molecule has 1 heterocycles. The maximum atomic E-state index is 11.5. The van der Waals surface area contributed by atoms with Crippen LogP contribution in [0.3, 0.4) is 0 Å². The number of rotatable bonds is 5. The van der Waals surface area contributed by atoms with Crippen molar-refractivity contribution in [2.24, 2.45) is 0 Å². The molecule has 7 nitrogen and oxygen atoms in total. The van der Waals surface area contributed by atoms with Crippen LogP contribution in [0.25, 0.3) is 0 Å². The van der Waals surface area contributed by atoms with Gasteiger partial charge < -0.3 is 18.9 Å². The summed E-state index contributed by atoms with van der Waals surface area (Å²) in [5, 5.41) is 0. The topological polar surface area (TPSA) is 88.1 Å². The third-order valence-electron chi connectivity index (χ3n) is 3.30. The van der Waals surface area contributed by atoms with E-state index in [-0.39, 0.29) is 6.61 Å². The van der Waals surface area contributed by atoms with Gasteiger partial charge in [-0.2, -0.15) is 0 Å². The Kier molecular flexibility index (Phi) is 6.83. The van der Waals surface area contributed by atoms with Crippen molar-refractivity contribution in [3.63, 3.8) is 0 Å². The summed E-state index contributed by atoms with van der Waals surface area (Å²) in [6.07, 6.45) is -2.71. The van der Waals surface area contributed by atoms with Crippen molar-refractivity contribution in [2.75, 3.05) is 6.61 Å². The van der Waals surface area contributed by atoms with E-state index in [4.69, 9.17) is 18.9 Å². The Labute approximate surface area is 150 Å². The molecule has 0 bridgehead atoms. The molecule has 1 aromatic carbocycles. The van der Waals surface area contributed by atoms with Crippen LogP contribution in [0.1, 0.15) is 20.8 Å². The van der Waals surface area contributed by atoms with Gasteiger partial charge in [0.1, 0.15) is 5.44 Å². The summed E-state index contributed by atoms with van der Waals surface area (Å²) in [6, 6.07) is 9.40. The Morgan fingerprint density at radius 3 is 2.04 bits per heavy atom. The van der Waals surface area contributed by atoms with Crippen molar-refractivity contribution in [1.29, 1.82) is 0 Å². The zero-order chi connectivity index (χ0) is 18.4. The highest BCUT2D eigenvalue weighted by atomic mass is 32.2. The van der Waals surface area contributed by atoms with Gasteiger partial charge >= 0.3 is 17.9 Å². The summed E-state index contributed by atoms with van der Waals surface area (Å²) in [5.74, 6) is -1.65. The first-order chi connectivity index (χ1) is 11.9. The SMILES string of the molecule is CC(=O)O[C@H]1[C@H](OC(C)=O)[C@H](Sc2ccccc2)OC[C@H]1OC(C)=O. The molecule has 2 rings (SSSR count). The predicted octanol–water partition coefficient (Wildman–Crippen LogP) is 1.93. The highest BCUT2D eigenvalue weighted by Crippen LogP contribution is 2.34. The van der Waals surface area contributed by atoms with Gasteiger partial charge in [0.2, 0.25) is 0 Å². The monoisotopic (exact) mass is 368 g/mol. The normalized spacial score (nSPS) is 25.7. The zero-order valence-corrected chi connectivity index (χ0v) is 15.0. The number of carbonyl (C=O) groups is 3. The summed E-state index contributed by atoms with van der Waals surface area (Å²) in [5.41, 5.74) is -0.609. The summed E-state index contributed by atoms with van der Waals surface area (Å²) in [7, 11) is 0. The lowest BCUT2D eigenvalue weighted by atomic mass is 10.1. The number of ether oxygens (including phenoxy) is 4. The lowest BCUT2D eigenvalue weighted by Crippen LogP contribution is -2.56. The largest absolute Gasteiger partial charge is 0.456 e. The second kappa shape index (κ2) is 8.87. The summed E-state index contributed by atoms with van der Waals surface area (Å²) >= 11 is 1.34. The highest BCUT2D eigenvalue weighted by Gasteiger charge is 2.47. The second-order valence-electron chi connectivity index (χ2n) is 5.43. The van der Waals surface area contributed by atoms with Gasteiger partial charge in [-0.1, -0.05) is 30.0 Å². The molecular formula is C17H20O7S. The van der Waals surface area contributed by atoms with Gasteiger partial charge in [0, 0.05) is 25.7 Å². The van der Waals surface area contributed by atoms with Crippen molar-refractivity contribution >= 4 is 29.7 Å². The van der Waals surface area contributed by atoms with Crippen molar-refractivity contribution in [2.45, 2.75) is 49.4 Å². The van der Waals surface area contributed by atoms with Crippen LogP contribution in [-0.2, 0) is 33.3 Å². The average molecular weight is 368 g/mol. The second-order valence-corrected chi connectivity index (χ2v) is 6.60. The Morgan fingerprint density at radius 1 is 0.920 bits per heavy atom. The fourth-order valence-corrected chi connectivity index (χ4v) is 3.52. The molecule has 8 heteroatoms. The number of hydrogen-bond donors (Lipinski definition) is 0. The Hall–Kier alpha value is -2.06. The van der Waals surface area contributed by atoms with Crippen LogP contribution in [0.5, 0.6) is 0 Å². The summed E-state index contributed by atoms with van der Waals surface area (Å²) < 4.78 is 21.6. The van der Waals surface area contributed by atoms with Crippen molar-refractivity contribution in [3.8, 4) is 0 Å². The first kappa shape index (κ1) is 19.3. The lowest BCUT2D eigenvalue weighted by Gasteiger charge is -2.40. The Morgan fingerprint density at radius 2 is 1.48 bits per heavy atom. The van der Waals surface area contributed by atoms with E-state index in [9.17, 15) is 14.4 Å². The van der Waals surface area contributed by atoms with Crippen molar-refractivity contribution in [1.82, 2.24) is 0 Å². The van der Waals surface area contributed by atoms with Gasteiger partial charge in [-0.3, -0.25) is 14.4 Å². The molecule has 4 atom stereocenters. The molecule has 0 spiro atoms. The number of benzene rings is 1. The molecule has 0 amide bonds. The van der Waals surface area contributed by atoms with E-state index < -0.39 is 41.7 Å². The van der Waals surface area contributed by atoms with Gasteiger partial charge in [-0.05, 0) is 12.1 Å². The van der Waals surface area contributed by atoms with Crippen LogP contribution in [0.2, 0.25) is 0 Å². The molecule has 1 saturated heterocycles. The van der Waals surface area contributed by atoms with E-state index in [2.05, 4.69) is 0 Å². The first-order valence-electron chi connectivity index (χ1n) is 7.71. The van der Waals surface area contributed by atoms with Crippen molar-refractivity contribution < 1.29 is 33.3 Å². The van der Waals surface area contributed by atoms with Gasteiger partial charge in [0.05, 0.1) is 6.61 Å². The molecule has 136 valence electrons.